The van der Waals surface area contributed by atoms with Gasteiger partial charge in [-0.1, -0.05) is 47.7 Å². The number of nitrogens with one attached hydrogen (secondary N) is 1. The fraction of sp³-hybridized carbons (Fsp3) is 0.240. The Morgan fingerprint density at radius 2 is 1.91 bits per heavy atom. The number of rotatable bonds is 8. The zero-order valence-electron chi connectivity index (χ0n) is 17.3. The molecule has 0 unspecified atom stereocenters. The van der Waals surface area contributed by atoms with Crippen LogP contribution in [0.4, 0.5) is 4.39 Å². The van der Waals surface area contributed by atoms with Gasteiger partial charge >= 0.3 is 5.97 Å². The number of benzene rings is 2. The first-order chi connectivity index (χ1) is 15.5. The summed E-state index contributed by atoms with van der Waals surface area (Å²) in [5, 5.41) is 12.1. The van der Waals surface area contributed by atoms with E-state index in [1.54, 1.807) is 6.07 Å². The molecule has 1 aliphatic rings. The molecule has 0 bridgehead atoms. The number of carboxylic acid groups (broad SMARTS) is 1. The first-order valence-electron chi connectivity index (χ1n) is 10.6. The Labute approximate surface area is 189 Å². The van der Waals surface area contributed by atoms with Crippen molar-refractivity contribution < 1.29 is 14.3 Å². The SMILES string of the molecule is O=C(O)CNCCc1ccc(-c2nc3ccc(C4(c5ccccc5)CC4)nc3s2)c(F)c1. The molecule has 2 aromatic carbocycles. The summed E-state index contributed by atoms with van der Waals surface area (Å²) >= 11 is 1.41. The lowest BCUT2D eigenvalue weighted by molar-refractivity contribution is -0.135. The van der Waals surface area contributed by atoms with Crippen molar-refractivity contribution in [3.8, 4) is 10.6 Å². The molecule has 5 nitrogen and oxygen atoms in total. The van der Waals surface area contributed by atoms with Gasteiger partial charge in [-0.05, 0) is 61.2 Å². The summed E-state index contributed by atoms with van der Waals surface area (Å²) in [4.78, 5) is 20.9. The van der Waals surface area contributed by atoms with Crippen LogP contribution in [0.5, 0.6) is 0 Å². The fourth-order valence-corrected chi connectivity index (χ4v) is 5.05. The van der Waals surface area contributed by atoms with Crippen LogP contribution in [0.15, 0.2) is 60.7 Å². The maximum absolute atomic E-state index is 14.8. The van der Waals surface area contributed by atoms with Gasteiger partial charge in [0.2, 0.25) is 0 Å². The Kier molecular flexibility index (Phi) is 5.45. The molecule has 2 heterocycles. The van der Waals surface area contributed by atoms with Gasteiger partial charge in [-0.2, -0.15) is 0 Å². The Hall–Kier alpha value is -3.16. The summed E-state index contributed by atoms with van der Waals surface area (Å²) in [5.41, 5.74) is 4.37. The van der Waals surface area contributed by atoms with E-state index >= 15 is 0 Å². The molecule has 0 radical (unpaired) electrons. The average Bonchev–Trinajstić information content (AvgIpc) is 3.50. The van der Waals surface area contributed by atoms with Gasteiger partial charge in [0.1, 0.15) is 21.2 Å². The van der Waals surface area contributed by atoms with E-state index in [1.807, 2.05) is 18.2 Å². The van der Waals surface area contributed by atoms with Crippen molar-refractivity contribution in [2.24, 2.45) is 0 Å². The largest absolute Gasteiger partial charge is 0.480 e. The summed E-state index contributed by atoms with van der Waals surface area (Å²) in [7, 11) is 0. The third kappa shape index (κ3) is 4.01. The minimum Gasteiger partial charge on any atom is -0.480 e. The fourth-order valence-electron chi connectivity index (χ4n) is 4.09. The summed E-state index contributed by atoms with van der Waals surface area (Å²) in [6, 6.07) is 19.6. The van der Waals surface area contributed by atoms with E-state index in [2.05, 4.69) is 40.6 Å². The van der Waals surface area contributed by atoms with Gasteiger partial charge in [-0.25, -0.2) is 14.4 Å². The van der Waals surface area contributed by atoms with E-state index < -0.39 is 5.97 Å². The van der Waals surface area contributed by atoms with E-state index in [0.717, 1.165) is 34.4 Å². The normalized spacial score (nSPS) is 14.5. The van der Waals surface area contributed by atoms with Gasteiger partial charge in [0, 0.05) is 11.0 Å². The number of thiazole rings is 1. The first-order valence-corrected chi connectivity index (χ1v) is 11.4. The number of nitrogens with zero attached hydrogens (tertiary/aromatic N) is 2. The standard InChI is InChI=1S/C25H22FN3O2S/c26-19-14-16(10-13-27-15-22(30)31)6-7-18(19)23-28-20-8-9-21(29-24(20)32-23)25(11-12-25)17-4-2-1-3-5-17/h1-9,14,27H,10-13,15H2,(H,30,31). The third-order valence-electron chi connectivity index (χ3n) is 5.95. The molecule has 4 aromatic rings. The molecular formula is C25H22FN3O2S. The van der Waals surface area contributed by atoms with Crippen LogP contribution in [0.3, 0.4) is 0 Å². The number of fused-ring (bicyclic) bond motifs is 1. The zero-order chi connectivity index (χ0) is 22.1. The molecule has 32 heavy (non-hydrogen) atoms. The molecule has 7 heteroatoms. The van der Waals surface area contributed by atoms with Crippen LogP contribution in [0, 0.1) is 5.82 Å². The second kappa shape index (κ2) is 8.41. The van der Waals surface area contributed by atoms with Crippen LogP contribution in [-0.2, 0) is 16.6 Å². The van der Waals surface area contributed by atoms with Gasteiger partial charge < -0.3 is 10.4 Å². The van der Waals surface area contributed by atoms with E-state index in [0.29, 0.717) is 23.5 Å². The molecular weight excluding hydrogens is 425 g/mol. The van der Waals surface area contributed by atoms with Crippen LogP contribution >= 0.6 is 11.3 Å². The van der Waals surface area contributed by atoms with Crippen LogP contribution < -0.4 is 5.32 Å². The first kappa shape index (κ1) is 20.7. The lowest BCUT2D eigenvalue weighted by atomic mass is 9.92. The second-order valence-corrected chi connectivity index (χ2v) is 9.10. The van der Waals surface area contributed by atoms with Gasteiger partial charge in [-0.3, -0.25) is 4.79 Å². The van der Waals surface area contributed by atoms with Gasteiger partial charge in [0.05, 0.1) is 12.2 Å². The van der Waals surface area contributed by atoms with Gasteiger partial charge in [-0.15, -0.1) is 0 Å². The van der Waals surface area contributed by atoms with E-state index in [1.165, 1.54) is 23.0 Å². The molecule has 1 saturated carbocycles. The van der Waals surface area contributed by atoms with Crippen molar-refractivity contribution >= 4 is 27.7 Å². The number of pyridine rings is 1. The van der Waals surface area contributed by atoms with Crippen molar-refractivity contribution in [2.45, 2.75) is 24.7 Å². The third-order valence-corrected chi connectivity index (χ3v) is 6.95. The monoisotopic (exact) mass is 447 g/mol. The highest BCUT2D eigenvalue weighted by Gasteiger charge is 2.47. The quantitative estimate of drug-likeness (QED) is 0.380. The number of aliphatic carboxylic acids is 1. The van der Waals surface area contributed by atoms with Gasteiger partial charge in [0.25, 0.3) is 0 Å². The van der Waals surface area contributed by atoms with Crippen molar-refractivity contribution in [3.63, 3.8) is 0 Å². The molecule has 0 spiro atoms. The minimum atomic E-state index is -0.907. The topological polar surface area (TPSA) is 75.1 Å². The summed E-state index contributed by atoms with van der Waals surface area (Å²) in [6.07, 6.45) is 2.72. The molecule has 5 rings (SSSR count). The predicted molar refractivity (Wildman–Crippen MR) is 123 cm³/mol. The predicted octanol–water partition coefficient (Wildman–Crippen LogP) is 4.79. The molecule has 2 N–H and O–H groups in total. The van der Waals surface area contributed by atoms with Crippen molar-refractivity contribution in [1.82, 2.24) is 15.3 Å². The number of halogens is 1. The molecule has 0 saturated heterocycles. The van der Waals surface area contributed by atoms with E-state index in [9.17, 15) is 9.18 Å². The molecule has 0 aliphatic heterocycles. The zero-order valence-corrected chi connectivity index (χ0v) is 18.2. The van der Waals surface area contributed by atoms with Crippen LogP contribution in [0.2, 0.25) is 0 Å². The molecule has 1 fully saturated rings. The van der Waals surface area contributed by atoms with Crippen molar-refractivity contribution in [1.29, 1.82) is 0 Å². The summed E-state index contributed by atoms with van der Waals surface area (Å²) < 4.78 is 14.8. The maximum atomic E-state index is 14.8. The Bertz CT molecular complexity index is 1290. The number of carbonyl (C=O) groups is 1. The maximum Gasteiger partial charge on any atom is 0.317 e. The lowest BCUT2D eigenvalue weighted by Gasteiger charge is -2.14. The molecule has 2 aromatic heterocycles. The number of carboxylic acids is 1. The minimum absolute atomic E-state index is 0.0127. The highest BCUT2D eigenvalue weighted by atomic mass is 32.1. The number of hydrogen-bond acceptors (Lipinski definition) is 5. The van der Waals surface area contributed by atoms with Crippen molar-refractivity contribution in [2.75, 3.05) is 13.1 Å². The van der Waals surface area contributed by atoms with E-state index in [-0.39, 0.29) is 17.8 Å². The van der Waals surface area contributed by atoms with E-state index in [4.69, 9.17) is 10.1 Å². The smallest absolute Gasteiger partial charge is 0.317 e. The molecule has 1 aliphatic carbocycles. The van der Waals surface area contributed by atoms with Crippen LogP contribution in [-0.4, -0.2) is 34.1 Å². The average molecular weight is 448 g/mol. The Balaban J connectivity index is 1.38. The van der Waals surface area contributed by atoms with Crippen molar-refractivity contribution in [3.05, 3.63) is 83.3 Å². The molecule has 162 valence electrons. The van der Waals surface area contributed by atoms with Crippen LogP contribution in [0.1, 0.15) is 29.7 Å². The highest BCUT2D eigenvalue weighted by molar-refractivity contribution is 7.21. The lowest BCUT2D eigenvalue weighted by Crippen LogP contribution is -2.24. The summed E-state index contributed by atoms with van der Waals surface area (Å²) in [6.45, 7) is 0.370. The molecule has 0 amide bonds. The Morgan fingerprint density at radius 1 is 1.09 bits per heavy atom. The second-order valence-electron chi connectivity index (χ2n) is 8.12. The Morgan fingerprint density at radius 3 is 2.62 bits per heavy atom. The molecule has 0 atom stereocenters. The van der Waals surface area contributed by atoms with Gasteiger partial charge in [0.15, 0.2) is 0 Å². The van der Waals surface area contributed by atoms with Crippen LogP contribution in [0.25, 0.3) is 20.9 Å². The summed E-state index contributed by atoms with van der Waals surface area (Å²) in [5.74, 6) is -1.24. The number of hydrogen-bond donors (Lipinski definition) is 2. The number of aromatic nitrogens is 2. The highest BCUT2D eigenvalue weighted by Crippen LogP contribution is 2.53.